The van der Waals surface area contributed by atoms with Gasteiger partial charge in [-0.25, -0.2) is 0 Å². The summed E-state index contributed by atoms with van der Waals surface area (Å²) < 4.78 is 0. The molecule has 1 saturated carbocycles. The summed E-state index contributed by atoms with van der Waals surface area (Å²) in [6.07, 6.45) is 9.23. The van der Waals surface area contributed by atoms with E-state index in [1.807, 2.05) is 11.8 Å². The lowest BCUT2D eigenvalue weighted by molar-refractivity contribution is -0.135. The van der Waals surface area contributed by atoms with E-state index in [9.17, 15) is 14.7 Å². The van der Waals surface area contributed by atoms with Crippen LogP contribution in [0.4, 0.5) is 0 Å². The topological polar surface area (TPSA) is 69.6 Å². The van der Waals surface area contributed by atoms with Gasteiger partial charge in [0, 0.05) is 25.4 Å². The van der Waals surface area contributed by atoms with Crippen molar-refractivity contribution in [3.63, 3.8) is 0 Å². The number of likely N-dealkylation sites (tertiary alicyclic amines) is 1. The number of piperidine rings is 1. The van der Waals surface area contributed by atoms with Crippen LogP contribution in [-0.2, 0) is 9.59 Å². The molecule has 23 heavy (non-hydrogen) atoms. The molecule has 5 nitrogen and oxygen atoms in total. The van der Waals surface area contributed by atoms with Crippen molar-refractivity contribution in [1.82, 2.24) is 10.2 Å². The Morgan fingerprint density at radius 3 is 2.35 bits per heavy atom. The Morgan fingerprint density at radius 2 is 1.78 bits per heavy atom. The molecule has 132 valence electrons. The number of carbonyl (C=O) groups is 2. The normalized spacial score (nSPS) is 21.9. The fourth-order valence-corrected chi connectivity index (χ4v) is 3.94. The van der Waals surface area contributed by atoms with Crippen molar-refractivity contribution in [2.45, 2.75) is 70.8 Å². The lowest BCUT2D eigenvalue weighted by Gasteiger charge is -2.32. The van der Waals surface area contributed by atoms with Crippen LogP contribution in [0.15, 0.2) is 0 Å². The zero-order chi connectivity index (χ0) is 16.7. The van der Waals surface area contributed by atoms with Gasteiger partial charge in [0.2, 0.25) is 11.8 Å². The number of hydrogen-bond acceptors (Lipinski definition) is 3. The van der Waals surface area contributed by atoms with Gasteiger partial charge in [-0.1, -0.05) is 39.0 Å². The van der Waals surface area contributed by atoms with Crippen LogP contribution in [0, 0.1) is 11.8 Å². The summed E-state index contributed by atoms with van der Waals surface area (Å²) in [7, 11) is 0. The van der Waals surface area contributed by atoms with Gasteiger partial charge < -0.3 is 15.3 Å². The molecule has 2 rings (SSSR count). The number of amides is 2. The van der Waals surface area contributed by atoms with Crippen LogP contribution < -0.4 is 5.32 Å². The molecule has 0 spiro atoms. The molecule has 5 heteroatoms. The highest BCUT2D eigenvalue weighted by molar-refractivity contribution is 5.80. The molecule has 0 unspecified atom stereocenters. The molecule has 1 heterocycles. The van der Waals surface area contributed by atoms with Gasteiger partial charge in [0.05, 0.1) is 12.6 Å². The molecule has 0 bridgehead atoms. The van der Waals surface area contributed by atoms with E-state index in [0.29, 0.717) is 25.4 Å². The SMILES string of the molecule is CCC(=O)N1CCC(C(=O)N[C@H](CO)CC2CCCCC2)CC1. The van der Waals surface area contributed by atoms with E-state index in [4.69, 9.17) is 0 Å². The molecule has 2 N–H and O–H groups in total. The van der Waals surface area contributed by atoms with Crippen molar-refractivity contribution in [2.24, 2.45) is 11.8 Å². The Balaban J connectivity index is 1.75. The maximum absolute atomic E-state index is 12.4. The summed E-state index contributed by atoms with van der Waals surface area (Å²) in [6, 6.07) is -0.110. The molecular formula is C18H32N2O3. The number of aliphatic hydroxyl groups excluding tert-OH is 1. The van der Waals surface area contributed by atoms with E-state index in [-0.39, 0.29) is 30.4 Å². The molecule has 1 aliphatic carbocycles. The summed E-state index contributed by atoms with van der Waals surface area (Å²) in [6.45, 7) is 3.25. The lowest BCUT2D eigenvalue weighted by Crippen LogP contribution is -2.46. The van der Waals surface area contributed by atoms with Gasteiger partial charge in [0.25, 0.3) is 0 Å². The van der Waals surface area contributed by atoms with Crippen LogP contribution in [0.25, 0.3) is 0 Å². The first-order chi connectivity index (χ1) is 11.1. The average molecular weight is 324 g/mol. The Morgan fingerprint density at radius 1 is 1.13 bits per heavy atom. The lowest BCUT2D eigenvalue weighted by atomic mass is 9.84. The van der Waals surface area contributed by atoms with Gasteiger partial charge >= 0.3 is 0 Å². The standard InChI is InChI=1S/C18H32N2O3/c1-2-17(22)20-10-8-15(9-11-20)18(23)19-16(13-21)12-14-6-4-3-5-7-14/h14-16,21H,2-13H2,1H3,(H,19,23)/t16-/m0/s1. The quantitative estimate of drug-likeness (QED) is 0.786. The van der Waals surface area contributed by atoms with Gasteiger partial charge in [-0.15, -0.1) is 0 Å². The zero-order valence-corrected chi connectivity index (χ0v) is 14.4. The van der Waals surface area contributed by atoms with Gasteiger partial charge in [-0.3, -0.25) is 9.59 Å². The van der Waals surface area contributed by atoms with Crippen LogP contribution in [-0.4, -0.2) is 47.6 Å². The van der Waals surface area contributed by atoms with Crippen LogP contribution >= 0.6 is 0 Å². The van der Waals surface area contributed by atoms with Gasteiger partial charge in [0.15, 0.2) is 0 Å². The van der Waals surface area contributed by atoms with Gasteiger partial charge in [0.1, 0.15) is 0 Å². The Bertz CT molecular complexity index is 386. The predicted molar refractivity (Wildman–Crippen MR) is 89.8 cm³/mol. The zero-order valence-electron chi connectivity index (χ0n) is 14.4. The molecule has 0 aromatic rings. The third-order valence-corrected chi connectivity index (χ3v) is 5.43. The van der Waals surface area contributed by atoms with Crippen molar-refractivity contribution in [1.29, 1.82) is 0 Å². The maximum atomic E-state index is 12.4. The number of nitrogens with one attached hydrogen (secondary N) is 1. The van der Waals surface area contributed by atoms with E-state index < -0.39 is 0 Å². The average Bonchev–Trinajstić information content (AvgIpc) is 2.61. The first kappa shape index (κ1) is 18.2. The van der Waals surface area contributed by atoms with Crippen molar-refractivity contribution < 1.29 is 14.7 Å². The summed E-state index contributed by atoms with van der Waals surface area (Å²) in [5.74, 6) is 0.861. The first-order valence-corrected chi connectivity index (χ1v) is 9.33. The second kappa shape index (κ2) is 9.26. The summed E-state index contributed by atoms with van der Waals surface area (Å²) in [4.78, 5) is 26.0. The molecule has 2 aliphatic rings. The number of hydrogen-bond donors (Lipinski definition) is 2. The van der Waals surface area contributed by atoms with Crippen LogP contribution in [0.5, 0.6) is 0 Å². The number of rotatable bonds is 6. The Hall–Kier alpha value is -1.10. The highest BCUT2D eigenvalue weighted by Gasteiger charge is 2.28. The molecule has 2 amide bonds. The van der Waals surface area contributed by atoms with E-state index in [2.05, 4.69) is 5.32 Å². The van der Waals surface area contributed by atoms with Gasteiger partial charge in [-0.2, -0.15) is 0 Å². The van der Waals surface area contributed by atoms with Crippen molar-refractivity contribution in [2.75, 3.05) is 19.7 Å². The highest BCUT2D eigenvalue weighted by Crippen LogP contribution is 2.27. The third kappa shape index (κ3) is 5.48. The molecule has 0 aromatic carbocycles. The molecule has 0 aromatic heterocycles. The number of nitrogens with zero attached hydrogens (tertiary/aromatic N) is 1. The molecule has 1 atom stereocenters. The molecule has 1 aliphatic heterocycles. The number of carbonyl (C=O) groups excluding carboxylic acids is 2. The van der Waals surface area contributed by atoms with Crippen molar-refractivity contribution >= 4 is 11.8 Å². The van der Waals surface area contributed by atoms with Crippen LogP contribution in [0.3, 0.4) is 0 Å². The largest absolute Gasteiger partial charge is 0.394 e. The first-order valence-electron chi connectivity index (χ1n) is 9.33. The minimum Gasteiger partial charge on any atom is -0.394 e. The summed E-state index contributed by atoms with van der Waals surface area (Å²) in [5, 5.41) is 12.6. The third-order valence-electron chi connectivity index (χ3n) is 5.43. The van der Waals surface area contributed by atoms with Gasteiger partial charge in [-0.05, 0) is 25.2 Å². The second-order valence-corrected chi connectivity index (χ2v) is 7.14. The van der Waals surface area contributed by atoms with Crippen molar-refractivity contribution in [3.05, 3.63) is 0 Å². The molecular weight excluding hydrogens is 292 g/mol. The molecule has 2 fully saturated rings. The smallest absolute Gasteiger partial charge is 0.223 e. The van der Waals surface area contributed by atoms with E-state index >= 15 is 0 Å². The monoisotopic (exact) mass is 324 g/mol. The van der Waals surface area contributed by atoms with Crippen LogP contribution in [0.1, 0.15) is 64.7 Å². The van der Waals surface area contributed by atoms with E-state index in [1.54, 1.807) is 0 Å². The summed E-state index contributed by atoms with van der Waals surface area (Å²) in [5.41, 5.74) is 0. The predicted octanol–water partition coefficient (Wildman–Crippen LogP) is 2.08. The Labute approximate surface area is 139 Å². The molecule has 0 radical (unpaired) electrons. The van der Waals surface area contributed by atoms with E-state index in [0.717, 1.165) is 19.3 Å². The molecule has 1 saturated heterocycles. The second-order valence-electron chi connectivity index (χ2n) is 7.14. The Kier molecular flexibility index (Phi) is 7.34. The maximum Gasteiger partial charge on any atom is 0.223 e. The van der Waals surface area contributed by atoms with Crippen molar-refractivity contribution in [3.8, 4) is 0 Å². The summed E-state index contributed by atoms with van der Waals surface area (Å²) >= 11 is 0. The fourth-order valence-electron chi connectivity index (χ4n) is 3.94. The highest BCUT2D eigenvalue weighted by atomic mass is 16.3. The minimum absolute atomic E-state index is 0.0173. The number of aliphatic hydroxyl groups is 1. The fraction of sp³-hybridized carbons (Fsp3) is 0.889. The van der Waals surface area contributed by atoms with E-state index in [1.165, 1.54) is 32.1 Å². The minimum atomic E-state index is -0.110. The van der Waals surface area contributed by atoms with Crippen LogP contribution in [0.2, 0.25) is 0 Å².